The fourth-order valence-electron chi connectivity index (χ4n) is 4.48. The van der Waals surface area contributed by atoms with Gasteiger partial charge < -0.3 is 34.2 Å². The largest absolute Gasteiger partial charge is 0.445 e. The van der Waals surface area contributed by atoms with E-state index in [0.29, 0.717) is 17.1 Å². The molecule has 2 aromatic heterocycles. The monoisotopic (exact) mass is 693 g/mol. The highest BCUT2D eigenvalue weighted by molar-refractivity contribution is 7.72. The Bertz CT molecular complexity index is 1880. The Morgan fingerprint density at radius 3 is 2.38 bits per heavy atom. The molecule has 2 aromatic carbocycles. The van der Waals surface area contributed by atoms with Crippen LogP contribution >= 0.6 is 15.2 Å². The number of aromatic nitrogens is 5. The molecule has 21 heteroatoms. The Labute approximate surface area is 264 Å². The third-order valence-electron chi connectivity index (χ3n) is 6.93. The number of carbonyl (C=O) groups is 2. The van der Waals surface area contributed by atoms with Gasteiger partial charge in [-0.05, 0) is 47.2 Å². The number of benzene rings is 2. The van der Waals surface area contributed by atoms with Crippen LogP contribution in [0, 0.1) is 5.82 Å². The van der Waals surface area contributed by atoms with Crippen LogP contribution in [0.25, 0.3) is 22.6 Å². The molecule has 18 nitrogen and oxygen atoms in total. The van der Waals surface area contributed by atoms with Crippen molar-refractivity contribution in [2.45, 2.75) is 17.6 Å². The van der Waals surface area contributed by atoms with Gasteiger partial charge in [-0.2, -0.15) is 4.80 Å². The third-order valence-corrected chi connectivity index (χ3v) is 10.7. The van der Waals surface area contributed by atoms with E-state index in [2.05, 4.69) is 25.7 Å². The van der Waals surface area contributed by atoms with E-state index in [-0.39, 0.29) is 35.7 Å². The van der Waals surface area contributed by atoms with Gasteiger partial charge in [-0.3, -0.25) is 24.3 Å². The number of anilines is 2. The van der Waals surface area contributed by atoms with E-state index in [0.717, 1.165) is 6.07 Å². The summed E-state index contributed by atoms with van der Waals surface area (Å²) in [4.78, 5) is 68.7. The lowest BCUT2D eigenvalue weighted by Gasteiger charge is -2.29. The van der Waals surface area contributed by atoms with Crippen molar-refractivity contribution in [2.75, 3.05) is 23.4 Å². The predicted molar refractivity (Wildman–Crippen MR) is 159 cm³/mol. The average Bonchev–Trinajstić information content (AvgIpc) is 3.61. The number of carbonyl (C=O) groups excluding carboxylic acids is 2. The van der Waals surface area contributed by atoms with Crippen LogP contribution in [0.5, 0.6) is 0 Å². The van der Waals surface area contributed by atoms with Gasteiger partial charge in [0.1, 0.15) is 18.1 Å². The van der Waals surface area contributed by atoms with Crippen LogP contribution in [-0.2, 0) is 32.1 Å². The number of ether oxygens (including phenoxy) is 2. The number of nitrogens with one attached hydrogen (secondary N) is 1. The lowest BCUT2D eigenvalue weighted by atomic mass is 10.1. The average molecular weight is 693 g/mol. The summed E-state index contributed by atoms with van der Waals surface area (Å²) >= 11 is 0. The number of rotatable bonds is 10. The summed E-state index contributed by atoms with van der Waals surface area (Å²) in [7, 11) is -9.68. The van der Waals surface area contributed by atoms with Gasteiger partial charge in [0.2, 0.25) is 5.82 Å². The Kier molecular flexibility index (Phi) is 9.25. The van der Waals surface area contributed by atoms with Crippen LogP contribution in [0.3, 0.4) is 0 Å². The highest BCUT2D eigenvalue weighted by Gasteiger charge is 2.59. The molecule has 248 valence electrons. The molecule has 47 heavy (non-hydrogen) atoms. The molecule has 1 aliphatic rings. The van der Waals surface area contributed by atoms with Gasteiger partial charge in [-0.25, -0.2) is 14.0 Å². The van der Waals surface area contributed by atoms with Crippen molar-refractivity contribution in [1.82, 2.24) is 25.2 Å². The van der Waals surface area contributed by atoms with Crippen LogP contribution < -0.4 is 10.2 Å². The second kappa shape index (κ2) is 12.9. The summed E-state index contributed by atoms with van der Waals surface area (Å²) in [6, 6.07) is 12.3. The summed E-state index contributed by atoms with van der Waals surface area (Å²) < 4.78 is 48.6. The van der Waals surface area contributed by atoms with Crippen molar-refractivity contribution in [3.63, 3.8) is 0 Å². The molecule has 5 rings (SSSR count). The molecule has 1 atom stereocenters. The first kappa shape index (κ1) is 33.7. The summed E-state index contributed by atoms with van der Waals surface area (Å²) in [5.41, 5.74) is 1.45. The zero-order valence-corrected chi connectivity index (χ0v) is 25.9. The Morgan fingerprint density at radius 1 is 1.11 bits per heavy atom. The van der Waals surface area contributed by atoms with Gasteiger partial charge >= 0.3 is 27.4 Å². The molecule has 4 aromatic rings. The lowest BCUT2D eigenvalue weighted by molar-refractivity contribution is 0.0798. The maximum atomic E-state index is 15.1. The van der Waals surface area contributed by atoms with Crippen molar-refractivity contribution in [1.29, 1.82) is 0 Å². The molecule has 0 unspecified atom stereocenters. The van der Waals surface area contributed by atoms with E-state index < -0.39 is 50.8 Å². The first-order valence-electron chi connectivity index (χ1n) is 13.4. The number of hydrogen-bond donors (Lipinski definition) is 6. The number of hydrogen-bond acceptors (Lipinski definition) is 11. The molecule has 1 fully saturated rings. The molecular weight excluding hydrogens is 667 g/mol. The molecule has 1 saturated heterocycles. The molecule has 0 bridgehead atoms. The number of cyclic esters (lactones) is 1. The lowest BCUT2D eigenvalue weighted by Crippen LogP contribution is -2.31. The summed E-state index contributed by atoms with van der Waals surface area (Å²) in [5.74, 6) is -0.311. The fraction of sp³-hybridized carbons (Fsp3) is 0.231. The predicted octanol–water partition coefficient (Wildman–Crippen LogP) is 2.20. The van der Waals surface area contributed by atoms with E-state index >= 15 is 4.39 Å². The van der Waals surface area contributed by atoms with Crippen molar-refractivity contribution in [3.8, 4) is 22.6 Å². The van der Waals surface area contributed by atoms with Crippen molar-refractivity contribution < 1.29 is 57.3 Å². The van der Waals surface area contributed by atoms with Gasteiger partial charge in [-0.1, -0.05) is 18.2 Å². The quantitative estimate of drug-likeness (QED) is 0.130. The minimum atomic E-state index is -5.65. The second-order valence-corrected chi connectivity index (χ2v) is 14.3. The van der Waals surface area contributed by atoms with Gasteiger partial charge in [0, 0.05) is 29.4 Å². The van der Waals surface area contributed by atoms with E-state index in [1.165, 1.54) is 52.3 Å². The summed E-state index contributed by atoms with van der Waals surface area (Å²) in [6.07, 6.45) is -2.24. The normalized spacial score (nSPS) is 15.4. The van der Waals surface area contributed by atoms with Crippen LogP contribution in [0.15, 0.2) is 60.8 Å². The van der Waals surface area contributed by atoms with Gasteiger partial charge in [0.05, 0.1) is 19.3 Å². The Morgan fingerprint density at radius 2 is 1.81 bits per heavy atom. The molecule has 3 heterocycles. The molecule has 1 aliphatic heterocycles. The SMILES string of the molecule is Cn1nnc(-c2ccc(-c3ccc(N4C[C@H](COC(=O)Nc5ccc(CC(O)(P(=O)(O)O)P(=O)(O)O)cc5)OC4=O)cc3F)cn2)n1. The number of tetrazole rings is 1. The summed E-state index contributed by atoms with van der Waals surface area (Å²) in [5, 5.41) is 20.5. The highest BCUT2D eigenvalue weighted by atomic mass is 31.2. The molecule has 0 spiro atoms. The number of aryl methyl sites for hydroxylation is 1. The maximum absolute atomic E-state index is 15.1. The topological polar surface area (TPSA) is 260 Å². The number of halogens is 1. The number of pyridine rings is 1. The number of amides is 2. The van der Waals surface area contributed by atoms with Crippen LogP contribution in [0.1, 0.15) is 5.56 Å². The smallest absolute Gasteiger partial charge is 0.414 e. The zero-order valence-electron chi connectivity index (χ0n) is 24.1. The van der Waals surface area contributed by atoms with E-state index in [1.807, 2.05) is 0 Å². The van der Waals surface area contributed by atoms with Crippen molar-refractivity contribution >= 4 is 38.8 Å². The molecule has 2 amide bonds. The molecule has 0 aliphatic carbocycles. The molecule has 0 saturated carbocycles. The third kappa shape index (κ3) is 7.36. The van der Waals surface area contributed by atoms with Gasteiger partial charge in [-0.15, -0.1) is 10.2 Å². The van der Waals surface area contributed by atoms with Crippen molar-refractivity contribution in [2.24, 2.45) is 7.05 Å². The fourth-order valence-corrected chi connectivity index (χ4v) is 6.61. The van der Waals surface area contributed by atoms with E-state index in [1.54, 1.807) is 19.2 Å². The van der Waals surface area contributed by atoms with E-state index in [9.17, 15) is 43.4 Å². The maximum Gasteiger partial charge on any atom is 0.414 e. The molecule has 0 radical (unpaired) electrons. The second-order valence-electron chi connectivity index (χ2n) is 10.3. The molecule has 6 N–H and O–H groups in total. The highest BCUT2D eigenvalue weighted by Crippen LogP contribution is 2.68. The van der Waals surface area contributed by atoms with Crippen LogP contribution in [-0.4, -0.2) is 86.4 Å². The van der Waals surface area contributed by atoms with E-state index in [4.69, 9.17) is 9.47 Å². The first-order chi connectivity index (χ1) is 22.0. The minimum Gasteiger partial charge on any atom is -0.445 e. The molecular formula is C26H26FN7O11P2. The van der Waals surface area contributed by atoms with Gasteiger partial charge in [0.15, 0.2) is 6.10 Å². The standard InChI is InChI=1S/C26H26FN7O11P2/c1-33-31-23(30-32-33)22-9-4-16(12-28-22)20-8-7-18(10-21(20)27)34-13-19(45-25(34)36)14-44-24(35)29-17-5-2-15(3-6-17)11-26(37,46(38,39)40)47(41,42)43/h2-10,12,19,37H,11,13-14H2,1H3,(H,29,35)(H2,38,39,40)(H2,41,42,43)/t19-/m1/s1. The number of aliphatic hydroxyl groups is 1. The first-order valence-corrected chi connectivity index (χ1v) is 16.6. The Balaban J connectivity index is 1.15. The van der Waals surface area contributed by atoms with Crippen LogP contribution in [0.2, 0.25) is 0 Å². The zero-order chi connectivity index (χ0) is 34.1. The van der Waals surface area contributed by atoms with Gasteiger partial charge in [0.25, 0.3) is 5.08 Å². The van der Waals surface area contributed by atoms with Crippen molar-refractivity contribution in [3.05, 3.63) is 72.2 Å². The Hall–Kier alpha value is -4.61. The number of nitrogens with zero attached hydrogens (tertiary/aromatic N) is 6. The van der Waals surface area contributed by atoms with Crippen LogP contribution in [0.4, 0.5) is 25.4 Å². The summed E-state index contributed by atoms with van der Waals surface area (Å²) in [6.45, 7) is -0.411. The minimum absolute atomic E-state index is 0.0500.